The smallest absolute Gasteiger partial charge is 0.0379 e. The Balaban J connectivity index is 0.000000531. The van der Waals surface area contributed by atoms with Crippen molar-refractivity contribution in [2.45, 2.75) is 34.1 Å². The molecule has 1 heteroatoms. The first-order valence-electron chi connectivity index (χ1n) is 5.65. The summed E-state index contributed by atoms with van der Waals surface area (Å²) in [4.78, 5) is 4.28. The summed E-state index contributed by atoms with van der Waals surface area (Å²) in [5.74, 6) is 0. The second-order valence-corrected chi connectivity index (χ2v) is 3.36. The van der Waals surface area contributed by atoms with Crippen LogP contribution in [0.15, 0.2) is 30.5 Å². The molecular formula is C14H19N. The summed E-state index contributed by atoms with van der Waals surface area (Å²) in [6.07, 6.45) is 3.04. The second-order valence-electron chi connectivity index (χ2n) is 3.36. The maximum Gasteiger partial charge on any atom is 0.0379 e. The number of aryl methyl sites for hydroxylation is 2. The molecule has 0 unspecified atom stereocenters. The fraction of sp³-hybridized carbons (Fsp3) is 0.357. The molecule has 0 radical (unpaired) electrons. The highest BCUT2D eigenvalue weighted by Crippen LogP contribution is 2.16. The van der Waals surface area contributed by atoms with Gasteiger partial charge in [0.25, 0.3) is 0 Å². The molecule has 0 aliphatic carbocycles. The quantitative estimate of drug-likeness (QED) is 0.676. The van der Waals surface area contributed by atoms with Crippen LogP contribution in [0.3, 0.4) is 0 Å². The summed E-state index contributed by atoms with van der Waals surface area (Å²) in [6, 6.07) is 8.68. The summed E-state index contributed by atoms with van der Waals surface area (Å²) < 4.78 is 0. The van der Waals surface area contributed by atoms with Gasteiger partial charge >= 0.3 is 0 Å². The van der Waals surface area contributed by atoms with Gasteiger partial charge in [0.1, 0.15) is 0 Å². The molecule has 0 atom stereocenters. The van der Waals surface area contributed by atoms with E-state index in [2.05, 4.69) is 36.2 Å². The van der Waals surface area contributed by atoms with Crippen molar-refractivity contribution in [3.05, 3.63) is 41.7 Å². The van der Waals surface area contributed by atoms with Gasteiger partial charge in [-0.05, 0) is 36.4 Å². The minimum atomic E-state index is 1.08. The fourth-order valence-electron chi connectivity index (χ4n) is 1.52. The van der Waals surface area contributed by atoms with E-state index in [0.29, 0.717) is 0 Å². The molecule has 1 aromatic heterocycles. The van der Waals surface area contributed by atoms with Crippen molar-refractivity contribution >= 4 is 10.8 Å². The Morgan fingerprint density at radius 1 is 1.07 bits per heavy atom. The van der Waals surface area contributed by atoms with E-state index < -0.39 is 0 Å². The normalized spacial score (nSPS) is 9.60. The number of hydrogen-bond donors (Lipinski definition) is 0. The van der Waals surface area contributed by atoms with Crippen molar-refractivity contribution in [2.75, 3.05) is 0 Å². The minimum Gasteiger partial charge on any atom is -0.261 e. The van der Waals surface area contributed by atoms with Crippen molar-refractivity contribution in [3.8, 4) is 0 Å². The first-order chi connectivity index (χ1) is 7.29. The summed E-state index contributed by atoms with van der Waals surface area (Å²) in [7, 11) is 0. The first kappa shape index (κ1) is 11.7. The summed E-state index contributed by atoms with van der Waals surface area (Å²) in [5.41, 5.74) is 2.45. The molecular weight excluding hydrogens is 182 g/mol. The molecule has 2 aromatic rings. The highest BCUT2D eigenvalue weighted by molar-refractivity contribution is 5.82. The number of pyridine rings is 1. The maximum absolute atomic E-state index is 4.28. The Labute approximate surface area is 92.2 Å². The van der Waals surface area contributed by atoms with Gasteiger partial charge in [-0.1, -0.05) is 32.9 Å². The van der Waals surface area contributed by atoms with E-state index in [-0.39, 0.29) is 0 Å². The maximum atomic E-state index is 4.28. The van der Waals surface area contributed by atoms with Crippen LogP contribution < -0.4 is 0 Å². The van der Waals surface area contributed by atoms with Gasteiger partial charge in [-0.2, -0.15) is 0 Å². The number of aromatic nitrogens is 1. The molecule has 0 aliphatic heterocycles. The SMILES string of the molecule is CC.CCc1ccc2cc(C)ncc2c1. The Bertz CT molecular complexity index is 432. The number of rotatable bonds is 1. The molecule has 0 amide bonds. The Hall–Kier alpha value is -1.37. The van der Waals surface area contributed by atoms with Crippen LogP contribution in [0.25, 0.3) is 10.8 Å². The standard InChI is InChI=1S/C12H13N.C2H6/c1-3-10-4-5-11-6-9(2)13-8-12(11)7-10;1-2/h4-8H,3H2,1-2H3;1-2H3. The number of hydrogen-bond acceptors (Lipinski definition) is 1. The number of nitrogens with zero attached hydrogens (tertiary/aromatic N) is 1. The zero-order valence-corrected chi connectivity index (χ0v) is 10.0. The Morgan fingerprint density at radius 2 is 1.80 bits per heavy atom. The molecule has 0 spiro atoms. The largest absolute Gasteiger partial charge is 0.261 e. The lowest BCUT2D eigenvalue weighted by Crippen LogP contribution is -1.83. The van der Waals surface area contributed by atoms with E-state index in [9.17, 15) is 0 Å². The van der Waals surface area contributed by atoms with Crippen molar-refractivity contribution in [1.29, 1.82) is 0 Å². The molecule has 0 bridgehead atoms. The molecule has 1 heterocycles. The van der Waals surface area contributed by atoms with E-state index >= 15 is 0 Å². The van der Waals surface area contributed by atoms with Crippen molar-refractivity contribution in [1.82, 2.24) is 4.98 Å². The van der Waals surface area contributed by atoms with Crippen LogP contribution in [-0.2, 0) is 6.42 Å². The van der Waals surface area contributed by atoms with Gasteiger partial charge in [-0.25, -0.2) is 0 Å². The van der Waals surface area contributed by atoms with Crippen molar-refractivity contribution in [3.63, 3.8) is 0 Å². The monoisotopic (exact) mass is 201 g/mol. The van der Waals surface area contributed by atoms with Crippen LogP contribution in [0.5, 0.6) is 0 Å². The second kappa shape index (κ2) is 5.50. The van der Waals surface area contributed by atoms with Crippen molar-refractivity contribution in [2.24, 2.45) is 0 Å². The lowest BCUT2D eigenvalue weighted by atomic mass is 10.1. The lowest BCUT2D eigenvalue weighted by molar-refractivity contribution is 1.14. The van der Waals surface area contributed by atoms with Gasteiger partial charge in [-0.15, -0.1) is 0 Å². The van der Waals surface area contributed by atoms with Crippen LogP contribution in [0.2, 0.25) is 0 Å². The average Bonchev–Trinajstić information content (AvgIpc) is 2.31. The minimum absolute atomic E-state index is 1.08. The van der Waals surface area contributed by atoms with Crippen LogP contribution >= 0.6 is 0 Å². The number of benzene rings is 1. The van der Waals surface area contributed by atoms with Crippen LogP contribution in [0.4, 0.5) is 0 Å². The van der Waals surface area contributed by atoms with Crippen LogP contribution in [0, 0.1) is 6.92 Å². The molecule has 0 saturated heterocycles. The molecule has 2 rings (SSSR count). The zero-order chi connectivity index (χ0) is 11.3. The first-order valence-corrected chi connectivity index (χ1v) is 5.65. The summed E-state index contributed by atoms with van der Waals surface area (Å²) in [6.45, 7) is 8.19. The molecule has 15 heavy (non-hydrogen) atoms. The predicted octanol–water partition coefficient (Wildman–Crippen LogP) is 4.13. The Kier molecular flexibility index (Phi) is 4.29. The third-order valence-electron chi connectivity index (χ3n) is 2.33. The van der Waals surface area contributed by atoms with Gasteiger partial charge < -0.3 is 0 Å². The van der Waals surface area contributed by atoms with Gasteiger partial charge in [-0.3, -0.25) is 4.98 Å². The lowest BCUT2D eigenvalue weighted by Gasteiger charge is -2.01. The van der Waals surface area contributed by atoms with Gasteiger partial charge in [0.05, 0.1) is 0 Å². The highest BCUT2D eigenvalue weighted by Gasteiger charge is 1.95. The van der Waals surface area contributed by atoms with E-state index in [0.717, 1.165) is 12.1 Å². The molecule has 80 valence electrons. The molecule has 0 fully saturated rings. The molecule has 0 N–H and O–H groups in total. The summed E-state index contributed by atoms with van der Waals surface area (Å²) in [5, 5.41) is 2.52. The molecule has 1 nitrogen and oxygen atoms in total. The van der Waals surface area contributed by atoms with Gasteiger partial charge in [0, 0.05) is 17.3 Å². The van der Waals surface area contributed by atoms with E-state index in [1.165, 1.54) is 16.3 Å². The molecule has 1 aromatic carbocycles. The van der Waals surface area contributed by atoms with E-state index in [4.69, 9.17) is 0 Å². The third-order valence-corrected chi connectivity index (χ3v) is 2.33. The summed E-state index contributed by atoms with van der Waals surface area (Å²) >= 11 is 0. The van der Waals surface area contributed by atoms with E-state index in [1.807, 2.05) is 27.0 Å². The average molecular weight is 201 g/mol. The van der Waals surface area contributed by atoms with E-state index in [1.54, 1.807) is 0 Å². The van der Waals surface area contributed by atoms with Gasteiger partial charge in [0.15, 0.2) is 0 Å². The zero-order valence-electron chi connectivity index (χ0n) is 10.0. The van der Waals surface area contributed by atoms with Crippen LogP contribution in [0.1, 0.15) is 32.0 Å². The topological polar surface area (TPSA) is 12.9 Å². The molecule has 0 saturated carbocycles. The molecule has 0 aliphatic rings. The predicted molar refractivity (Wildman–Crippen MR) is 67.2 cm³/mol. The van der Waals surface area contributed by atoms with Crippen molar-refractivity contribution < 1.29 is 0 Å². The Morgan fingerprint density at radius 3 is 2.47 bits per heavy atom. The third kappa shape index (κ3) is 2.79. The van der Waals surface area contributed by atoms with Gasteiger partial charge in [0.2, 0.25) is 0 Å². The van der Waals surface area contributed by atoms with Crippen LogP contribution in [-0.4, -0.2) is 4.98 Å². The highest BCUT2D eigenvalue weighted by atomic mass is 14.6. The fourth-order valence-corrected chi connectivity index (χ4v) is 1.52. The number of fused-ring (bicyclic) bond motifs is 1.